The number of hydrogen-bond acceptors (Lipinski definition) is 7. The SMILES string of the molecule is COC(=O)[C@@H]1CC[C@@H](c2ccc(OCCc3nc(C)oc3C)cc2)N1C(=O)OCc1ccccc1. The summed E-state index contributed by atoms with van der Waals surface area (Å²) in [5.74, 6) is 1.73. The van der Waals surface area contributed by atoms with Crippen molar-refractivity contribution in [3.05, 3.63) is 83.1 Å². The molecule has 1 saturated heterocycles. The van der Waals surface area contributed by atoms with E-state index >= 15 is 0 Å². The van der Waals surface area contributed by atoms with Crippen LogP contribution in [-0.2, 0) is 27.3 Å². The van der Waals surface area contributed by atoms with Crippen molar-refractivity contribution in [2.24, 2.45) is 0 Å². The fraction of sp³-hybridized carbons (Fsp3) is 0.370. The van der Waals surface area contributed by atoms with E-state index in [2.05, 4.69) is 4.98 Å². The molecule has 2 heterocycles. The molecule has 0 radical (unpaired) electrons. The molecule has 2 atom stereocenters. The van der Waals surface area contributed by atoms with Gasteiger partial charge in [0.2, 0.25) is 0 Å². The summed E-state index contributed by atoms with van der Waals surface area (Å²) in [4.78, 5) is 31.3. The van der Waals surface area contributed by atoms with Crippen LogP contribution in [0.4, 0.5) is 4.79 Å². The predicted molar refractivity (Wildman–Crippen MR) is 128 cm³/mol. The molecule has 0 spiro atoms. The Hall–Kier alpha value is -3.81. The van der Waals surface area contributed by atoms with Gasteiger partial charge in [-0.1, -0.05) is 42.5 Å². The minimum Gasteiger partial charge on any atom is -0.493 e. The van der Waals surface area contributed by atoms with Crippen molar-refractivity contribution in [3.8, 4) is 5.75 Å². The average molecular weight is 479 g/mol. The second-order valence-electron chi connectivity index (χ2n) is 8.48. The van der Waals surface area contributed by atoms with Crippen LogP contribution in [0.25, 0.3) is 0 Å². The topological polar surface area (TPSA) is 91.1 Å². The Morgan fingerprint density at radius 2 is 1.80 bits per heavy atom. The van der Waals surface area contributed by atoms with Gasteiger partial charge in [-0.15, -0.1) is 0 Å². The second kappa shape index (κ2) is 11.1. The van der Waals surface area contributed by atoms with Crippen LogP contribution < -0.4 is 4.74 Å². The molecule has 8 heteroatoms. The molecule has 35 heavy (non-hydrogen) atoms. The lowest BCUT2D eigenvalue weighted by Gasteiger charge is -2.28. The maximum absolute atomic E-state index is 13.1. The lowest BCUT2D eigenvalue weighted by molar-refractivity contribution is -0.145. The molecule has 0 saturated carbocycles. The van der Waals surface area contributed by atoms with Crippen molar-refractivity contribution in [3.63, 3.8) is 0 Å². The van der Waals surface area contributed by atoms with E-state index in [1.165, 1.54) is 12.0 Å². The van der Waals surface area contributed by atoms with Crippen molar-refractivity contribution in [2.75, 3.05) is 13.7 Å². The molecule has 2 aromatic carbocycles. The van der Waals surface area contributed by atoms with E-state index in [0.717, 1.165) is 22.6 Å². The zero-order chi connectivity index (χ0) is 24.8. The summed E-state index contributed by atoms with van der Waals surface area (Å²) in [7, 11) is 1.33. The molecule has 8 nitrogen and oxygen atoms in total. The van der Waals surface area contributed by atoms with Crippen LogP contribution in [0.15, 0.2) is 59.0 Å². The number of methoxy groups -OCH3 is 1. The highest BCUT2D eigenvalue weighted by molar-refractivity contribution is 5.82. The summed E-state index contributed by atoms with van der Waals surface area (Å²) in [6, 6.07) is 16.0. The third-order valence-electron chi connectivity index (χ3n) is 6.15. The van der Waals surface area contributed by atoms with Crippen LogP contribution in [0.5, 0.6) is 5.75 Å². The first-order valence-corrected chi connectivity index (χ1v) is 11.7. The van der Waals surface area contributed by atoms with Crippen molar-refractivity contribution < 1.29 is 28.2 Å². The Bertz CT molecular complexity index is 1140. The minimum absolute atomic E-state index is 0.133. The number of nitrogens with zero attached hydrogens (tertiary/aromatic N) is 2. The standard InChI is InChI=1S/C27H30N2O6/c1-18-23(28-19(2)35-18)15-16-33-22-11-9-21(10-12-22)24-13-14-25(26(30)32-3)29(24)27(31)34-17-20-7-5-4-6-8-20/h4-12,24-25H,13-17H2,1-3H3/t24-,25-/m0/s1. The zero-order valence-corrected chi connectivity index (χ0v) is 20.2. The molecule has 1 amide bonds. The van der Waals surface area contributed by atoms with Crippen LogP contribution in [0.3, 0.4) is 0 Å². The van der Waals surface area contributed by atoms with Crippen LogP contribution in [0, 0.1) is 13.8 Å². The molecule has 4 rings (SSSR count). The molecule has 1 fully saturated rings. The maximum atomic E-state index is 13.1. The highest BCUT2D eigenvalue weighted by Crippen LogP contribution is 2.38. The first-order chi connectivity index (χ1) is 17.0. The van der Waals surface area contributed by atoms with Gasteiger partial charge in [-0.3, -0.25) is 4.90 Å². The summed E-state index contributed by atoms with van der Waals surface area (Å²) in [6.07, 6.45) is 1.25. The summed E-state index contributed by atoms with van der Waals surface area (Å²) in [5, 5.41) is 0. The monoisotopic (exact) mass is 478 g/mol. The van der Waals surface area contributed by atoms with E-state index in [4.69, 9.17) is 18.6 Å². The number of amides is 1. The number of rotatable bonds is 8. The predicted octanol–water partition coefficient (Wildman–Crippen LogP) is 4.93. The molecule has 184 valence electrons. The van der Waals surface area contributed by atoms with Gasteiger partial charge in [0.05, 0.1) is 25.5 Å². The van der Waals surface area contributed by atoms with E-state index in [1.807, 2.05) is 68.4 Å². The van der Waals surface area contributed by atoms with E-state index in [0.29, 0.717) is 37.5 Å². The Kier molecular flexibility index (Phi) is 7.70. The summed E-state index contributed by atoms with van der Waals surface area (Å²) < 4.78 is 21.8. The third kappa shape index (κ3) is 5.82. The number of carbonyl (C=O) groups is 2. The van der Waals surface area contributed by atoms with Gasteiger partial charge >= 0.3 is 12.1 Å². The van der Waals surface area contributed by atoms with Crippen LogP contribution in [-0.4, -0.2) is 41.7 Å². The summed E-state index contributed by atoms with van der Waals surface area (Å²) in [6.45, 7) is 4.32. The van der Waals surface area contributed by atoms with Crippen LogP contribution in [0.2, 0.25) is 0 Å². The van der Waals surface area contributed by atoms with E-state index in [-0.39, 0.29) is 12.6 Å². The molecule has 0 N–H and O–H groups in total. The molecule has 1 aromatic heterocycles. The molecular weight excluding hydrogens is 448 g/mol. The van der Waals surface area contributed by atoms with Gasteiger partial charge in [-0.2, -0.15) is 0 Å². The van der Waals surface area contributed by atoms with Crippen molar-refractivity contribution in [1.82, 2.24) is 9.88 Å². The fourth-order valence-corrected chi connectivity index (χ4v) is 4.41. The number of ether oxygens (including phenoxy) is 3. The Morgan fingerprint density at radius 1 is 1.06 bits per heavy atom. The largest absolute Gasteiger partial charge is 0.493 e. The third-order valence-corrected chi connectivity index (χ3v) is 6.15. The van der Waals surface area contributed by atoms with Crippen LogP contribution >= 0.6 is 0 Å². The molecule has 0 bridgehead atoms. The smallest absolute Gasteiger partial charge is 0.411 e. The van der Waals surface area contributed by atoms with Gasteiger partial charge in [0.15, 0.2) is 5.89 Å². The summed E-state index contributed by atoms with van der Waals surface area (Å²) >= 11 is 0. The fourth-order valence-electron chi connectivity index (χ4n) is 4.41. The second-order valence-corrected chi connectivity index (χ2v) is 8.48. The zero-order valence-electron chi connectivity index (χ0n) is 20.2. The van der Waals surface area contributed by atoms with E-state index in [1.54, 1.807) is 0 Å². The highest BCUT2D eigenvalue weighted by Gasteiger charge is 2.43. The van der Waals surface area contributed by atoms with Crippen LogP contribution in [0.1, 0.15) is 47.4 Å². The number of aryl methyl sites for hydroxylation is 2. The van der Waals surface area contributed by atoms with Gasteiger partial charge in [-0.25, -0.2) is 14.6 Å². The molecule has 0 unspecified atom stereocenters. The average Bonchev–Trinajstić information content (AvgIpc) is 3.46. The van der Waals surface area contributed by atoms with Crippen molar-refractivity contribution >= 4 is 12.1 Å². The van der Waals surface area contributed by atoms with Crippen molar-refractivity contribution in [1.29, 1.82) is 0 Å². The Morgan fingerprint density at radius 3 is 2.46 bits per heavy atom. The van der Waals surface area contributed by atoms with E-state index < -0.39 is 18.1 Å². The number of esters is 1. The maximum Gasteiger partial charge on any atom is 0.411 e. The molecule has 3 aromatic rings. The quantitative estimate of drug-likeness (QED) is 0.424. The number of benzene rings is 2. The first-order valence-electron chi connectivity index (χ1n) is 11.7. The minimum atomic E-state index is -0.682. The van der Waals surface area contributed by atoms with Gasteiger partial charge < -0.3 is 18.6 Å². The molecule has 1 aliphatic heterocycles. The van der Waals surface area contributed by atoms with Gasteiger partial charge in [0.25, 0.3) is 0 Å². The molecule has 1 aliphatic rings. The van der Waals surface area contributed by atoms with Gasteiger partial charge in [0.1, 0.15) is 24.2 Å². The lowest BCUT2D eigenvalue weighted by atomic mass is 10.0. The van der Waals surface area contributed by atoms with E-state index in [9.17, 15) is 9.59 Å². The first kappa shape index (κ1) is 24.3. The number of hydrogen-bond donors (Lipinski definition) is 0. The Balaban J connectivity index is 1.41. The number of aromatic nitrogens is 1. The lowest BCUT2D eigenvalue weighted by Crippen LogP contribution is -2.42. The van der Waals surface area contributed by atoms with Gasteiger partial charge in [-0.05, 0) is 43.0 Å². The summed E-state index contributed by atoms with van der Waals surface area (Å²) in [5.41, 5.74) is 2.68. The normalized spacial score (nSPS) is 17.3. The Labute approximate surface area is 204 Å². The van der Waals surface area contributed by atoms with Gasteiger partial charge in [0, 0.05) is 13.3 Å². The highest BCUT2D eigenvalue weighted by atomic mass is 16.6. The van der Waals surface area contributed by atoms with Crippen molar-refractivity contribution in [2.45, 2.75) is 51.8 Å². The number of oxazole rings is 1. The molecular formula is C27H30N2O6. The molecule has 0 aliphatic carbocycles. The number of likely N-dealkylation sites (tertiary alicyclic amines) is 1. The number of carbonyl (C=O) groups excluding carboxylic acids is 2.